The standard InChI is InChI=1S/C52H88Br2F8N2O15.6CH4/c1-17-21-27-71-41(69)47(11,53)33-45(9,39(67)73-29-25-63(13,14)23-19-3)31-43(5,6)37(65)75-35-49(55,56)78-50(57,58)51(59,60)79-52(61,62)77-36-76-38(66)44(7,8)32-46(10,34-48(12,54)42(70)72-28-22-18-2)40(68)74-30-26-64(15,16)24-20-4;;;;;;/h17-36H2,1-16H3;6*1H4/q+2;;;;;;. The summed E-state index contributed by atoms with van der Waals surface area (Å²) >= 11 is 6.61. The number of ether oxygens (including phenoxy) is 9. The van der Waals surface area contributed by atoms with E-state index < -0.39 is 123 Å². The van der Waals surface area contributed by atoms with Gasteiger partial charge in [0, 0.05) is 0 Å². The molecular weight excluding hydrogens is 1280 g/mol. The Hall–Kier alpha value is -2.98. The summed E-state index contributed by atoms with van der Waals surface area (Å²) in [5, 5.41) is 0. The fourth-order valence-corrected chi connectivity index (χ4v) is 10.3. The molecule has 0 spiro atoms. The molecular formula is C58H112Br2F8N2O15+2. The molecule has 0 radical (unpaired) electrons. The summed E-state index contributed by atoms with van der Waals surface area (Å²) in [6, 6.07) is 0. The minimum absolute atomic E-state index is 0. The SMILES string of the molecule is C.C.C.C.C.C.CCCCOC(=O)C(C)(Br)CC(C)(CC(C)(C)C(=O)OCOC(F)(F)OC(F)(F)C(F)(F)OC(F)(F)COC(=O)C(C)(C)CC(C)(CC(C)(Br)C(=O)OCCCC)C(=O)OCC[N+](C)(C)CCC)C(=O)OCC[N+](C)(C)CCC. The van der Waals surface area contributed by atoms with Crippen molar-refractivity contribution >= 4 is 67.7 Å². The van der Waals surface area contributed by atoms with Crippen LogP contribution in [0.1, 0.15) is 192 Å². The lowest BCUT2D eigenvalue weighted by Gasteiger charge is -2.38. The zero-order valence-corrected chi connectivity index (χ0v) is 52.1. The summed E-state index contributed by atoms with van der Waals surface area (Å²) in [4.78, 5) is 80.5. The number of esters is 6. The summed E-state index contributed by atoms with van der Waals surface area (Å²) in [5.41, 5.74) is -7.33. The van der Waals surface area contributed by atoms with Gasteiger partial charge in [0.15, 0.2) is 6.61 Å². The van der Waals surface area contributed by atoms with Gasteiger partial charge in [0.25, 0.3) is 0 Å². The van der Waals surface area contributed by atoms with Gasteiger partial charge in [-0.05, 0) is 107 Å². The number of halogens is 10. The topological polar surface area (TPSA) is 185 Å². The molecule has 0 aliphatic carbocycles. The van der Waals surface area contributed by atoms with Gasteiger partial charge in [-0.1, -0.05) is 117 Å². The Morgan fingerprint density at radius 3 is 1.05 bits per heavy atom. The van der Waals surface area contributed by atoms with E-state index in [0.717, 1.165) is 39.8 Å². The van der Waals surface area contributed by atoms with Crippen molar-refractivity contribution in [3.8, 4) is 0 Å². The lowest BCUT2D eigenvalue weighted by atomic mass is 9.69. The average Bonchev–Trinajstić information content (AvgIpc) is 3.26. The molecule has 17 nitrogen and oxygen atoms in total. The zero-order valence-electron chi connectivity index (χ0n) is 48.9. The van der Waals surface area contributed by atoms with Crippen LogP contribution in [0.25, 0.3) is 0 Å². The zero-order chi connectivity index (χ0) is 62.0. The first-order valence-electron chi connectivity index (χ1n) is 26.2. The molecule has 0 aromatic rings. The summed E-state index contributed by atoms with van der Waals surface area (Å²) in [6.07, 6.45) is -22.3. The minimum Gasteiger partial charge on any atom is -0.465 e. The average molecular weight is 1390 g/mol. The van der Waals surface area contributed by atoms with Crippen molar-refractivity contribution in [2.24, 2.45) is 21.7 Å². The van der Waals surface area contributed by atoms with Crippen molar-refractivity contribution in [3.05, 3.63) is 0 Å². The molecule has 0 aliphatic rings. The van der Waals surface area contributed by atoms with E-state index in [-0.39, 0.29) is 77.4 Å². The van der Waals surface area contributed by atoms with Crippen molar-refractivity contribution in [3.63, 3.8) is 0 Å². The van der Waals surface area contributed by atoms with Crippen LogP contribution in [0.4, 0.5) is 35.1 Å². The van der Waals surface area contributed by atoms with Gasteiger partial charge in [0.1, 0.15) is 35.0 Å². The van der Waals surface area contributed by atoms with E-state index >= 15 is 0 Å². The number of likely N-dealkylation sites (N-methyl/N-ethyl adjacent to an activating group) is 2. The largest absolute Gasteiger partial charge is 0.493 e. The van der Waals surface area contributed by atoms with Crippen LogP contribution in [-0.4, -0.2) is 172 Å². The number of nitrogens with zero attached hydrogens (tertiary/aromatic N) is 2. The Morgan fingerprint density at radius 1 is 0.400 bits per heavy atom. The van der Waals surface area contributed by atoms with E-state index in [0.29, 0.717) is 47.7 Å². The fraction of sp³-hybridized carbons (Fsp3) is 0.897. The predicted octanol–water partition coefficient (Wildman–Crippen LogP) is 14.9. The number of alkyl halides is 10. The van der Waals surface area contributed by atoms with E-state index in [4.69, 9.17) is 23.7 Å². The van der Waals surface area contributed by atoms with E-state index in [9.17, 15) is 63.9 Å². The maximum absolute atomic E-state index is 14.9. The number of quaternary nitrogens is 2. The predicted molar refractivity (Wildman–Crippen MR) is 320 cm³/mol. The van der Waals surface area contributed by atoms with Crippen molar-refractivity contribution < 1.29 is 115 Å². The Morgan fingerprint density at radius 2 is 0.718 bits per heavy atom. The minimum atomic E-state index is -6.63. The Labute approximate surface area is 522 Å². The molecule has 0 aromatic carbocycles. The fourth-order valence-electron chi connectivity index (χ4n) is 8.80. The van der Waals surface area contributed by atoms with Crippen molar-refractivity contribution in [2.45, 2.75) is 225 Å². The molecule has 0 aliphatic heterocycles. The molecule has 27 heteroatoms. The quantitative estimate of drug-likeness (QED) is 0.0107. The summed E-state index contributed by atoms with van der Waals surface area (Å²) in [5.74, 6) is -6.31. The van der Waals surface area contributed by atoms with Crippen LogP contribution in [0.2, 0.25) is 0 Å². The van der Waals surface area contributed by atoms with Gasteiger partial charge in [-0.2, -0.15) is 26.3 Å². The van der Waals surface area contributed by atoms with Gasteiger partial charge in [-0.15, -0.1) is 8.78 Å². The number of rotatable bonds is 40. The van der Waals surface area contributed by atoms with Gasteiger partial charge < -0.3 is 37.4 Å². The second-order valence-electron chi connectivity index (χ2n) is 23.6. The maximum atomic E-state index is 14.9. The highest BCUT2D eigenvalue weighted by molar-refractivity contribution is 9.10. The van der Waals surface area contributed by atoms with Gasteiger partial charge in [0.2, 0.25) is 6.79 Å². The maximum Gasteiger partial charge on any atom is 0.493 e. The highest BCUT2D eigenvalue weighted by Gasteiger charge is 2.68. The monoisotopic (exact) mass is 1390 g/mol. The van der Waals surface area contributed by atoms with Crippen molar-refractivity contribution in [1.82, 2.24) is 0 Å². The molecule has 0 amide bonds. The molecule has 0 saturated carbocycles. The molecule has 0 aromatic heterocycles. The first-order valence-corrected chi connectivity index (χ1v) is 27.8. The van der Waals surface area contributed by atoms with Crippen molar-refractivity contribution in [2.75, 3.05) is 94.2 Å². The van der Waals surface area contributed by atoms with Gasteiger partial charge in [0.05, 0.1) is 76.2 Å². The molecule has 0 fully saturated rings. The van der Waals surface area contributed by atoms with Crippen LogP contribution in [0.3, 0.4) is 0 Å². The molecule has 0 N–H and O–H groups in total. The lowest BCUT2D eigenvalue weighted by molar-refractivity contribution is -0.890. The third-order valence-corrected chi connectivity index (χ3v) is 13.9. The molecule has 512 valence electrons. The molecule has 0 rings (SSSR count). The Kier molecular flexibility index (Phi) is 43.4. The van der Waals surface area contributed by atoms with Crippen LogP contribution < -0.4 is 0 Å². The number of hydrogen-bond donors (Lipinski definition) is 0. The summed E-state index contributed by atoms with van der Waals surface area (Å²) in [6.45, 7) is 15.5. The van der Waals surface area contributed by atoms with Crippen LogP contribution >= 0.6 is 31.9 Å². The third kappa shape index (κ3) is 33.4. The van der Waals surface area contributed by atoms with Gasteiger partial charge in [-0.3, -0.25) is 33.5 Å². The van der Waals surface area contributed by atoms with E-state index in [1.807, 2.05) is 55.9 Å². The first kappa shape index (κ1) is 95.7. The first-order chi connectivity index (χ1) is 35.6. The number of carbonyl (C=O) groups is 6. The molecule has 0 bridgehead atoms. The normalized spacial score (nSPS) is 15.2. The molecule has 4 unspecified atom stereocenters. The number of hydrogen-bond acceptors (Lipinski definition) is 15. The highest BCUT2D eigenvalue weighted by Crippen LogP contribution is 2.48. The summed E-state index contributed by atoms with van der Waals surface area (Å²) < 4.78 is 156. The Bertz CT molecular complexity index is 2000. The number of carbonyl (C=O) groups excluding carboxylic acids is 6. The second-order valence-corrected chi connectivity index (χ2v) is 27.1. The van der Waals surface area contributed by atoms with Crippen molar-refractivity contribution in [1.29, 1.82) is 0 Å². The third-order valence-electron chi connectivity index (χ3n) is 12.7. The van der Waals surface area contributed by atoms with Crippen LogP contribution in [0.15, 0.2) is 0 Å². The smallest absolute Gasteiger partial charge is 0.465 e. The van der Waals surface area contributed by atoms with Gasteiger partial charge >= 0.3 is 60.4 Å². The van der Waals surface area contributed by atoms with Crippen LogP contribution in [-0.2, 0) is 71.4 Å². The summed E-state index contributed by atoms with van der Waals surface area (Å²) in [7, 11) is 7.61. The molecule has 0 heterocycles. The molecule has 4 atom stereocenters. The van der Waals surface area contributed by atoms with Gasteiger partial charge in [-0.25, -0.2) is 9.47 Å². The lowest BCUT2D eigenvalue weighted by Crippen LogP contribution is -2.53. The van der Waals surface area contributed by atoms with E-state index in [2.05, 4.69) is 50.8 Å². The number of unbranched alkanes of at least 4 members (excludes halogenated alkanes) is 2. The van der Waals surface area contributed by atoms with E-state index in [1.165, 1.54) is 41.5 Å². The Balaban J connectivity index is -0.00000203. The van der Waals surface area contributed by atoms with Crippen LogP contribution in [0, 0.1) is 21.7 Å². The van der Waals surface area contributed by atoms with E-state index in [1.54, 1.807) is 0 Å². The highest BCUT2D eigenvalue weighted by atomic mass is 79.9. The second kappa shape index (κ2) is 38.5. The van der Waals surface area contributed by atoms with Crippen LogP contribution in [0.5, 0.6) is 0 Å². The molecule has 85 heavy (non-hydrogen) atoms. The molecule has 0 saturated heterocycles.